The molecule has 0 amide bonds. The minimum absolute atomic E-state index is 0. The van der Waals surface area contributed by atoms with Gasteiger partial charge in [0.15, 0.2) is 6.29 Å². The number of ether oxygens (including phenoxy) is 2. The van der Waals surface area contributed by atoms with Crippen LogP contribution in [0.2, 0.25) is 0 Å². The van der Waals surface area contributed by atoms with E-state index in [9.17, 15) is 0 Å². The van der Waals surface area contributed by atoms with Gasteiger partial charge in [0.05, 0.1) is 13.2 Å². The van der Waals surface area contributed by atoms with E-state index in [1.165, 1.54) is 0 Å². The molecule has 1 fully saturated rings. The maximum absolute atomic E-state index is 5.41. The summed E-state index contributed by atoms with van der Waals surface area (Å²) in [5, 5.41) is 0. The maximum atomic E-state index is 5.41. The number of benzene rings is 1. The summed E-state index contributed by atoms with van der Waals surface area (Å²) in [6.45, 7) is 1.57. The largest absolute Gasteiger partial charge is 2.00 e. The van der Waals surface area contributed by atoms with Crippen LogP contribution in [0.1, 0.15) is 18.3 Å². The first-order valence-electron chi connectivity index (χ1n) is 4.16. The van der Waals surface area contributed by atoms with Crippen molar-refractivity contribution in [3.8, 4) is 0 Å². The Morgan fingerprint density at radius 3 is 2.50 bits per heavy atom. The minimum Gasteiger partial charge on any atom is -1.00 e. The van der Waals surface area contributed by atoms with Crippen molar-refractivity contribution >= 4 is 23.1 Å². The molecule has 1 heterocycles. The molecule has 0 spiro atoms. The Labute approximate surface area is 111 Å². The predicted octanol–water partition coefficient (Wildman–Crippen LogP) is -1.45. The van der Waals surface area contributed by atoms with Crippen LogP contribution >= 0.6 is 0 Å². The summed E-state index contributed by atoms with van der Waals surface area (Å²) in [5.41, 5.74) is 0.984. The molecule has 1 aromatic rings. The van der Waals surface area contributed by atoms with Crippen molar-refractivity contribution in [2.24, 2.45) is 0 Å². The van der Waals surface area contributed by atoms with Gasteiger partial charge < -0.3 is 26.5 Å². The number of rotatable bonds is 1. The van der Waals surface area contributed by atoms with Gasteiger partial charge in [-0.2, -0.15) is 30.3 Å². The average molecular weight is 267 g/mol. The number of hydrogen-bond acceptors (Lipinski definition) is 2. The van der Waals surface area contributed by atoms with Gasteiger partial charge in [0, 0.05) is 0 Å². The van der Waals surface area contributed by atoms with Crippen LogP contribution in [0.5, 0.6) is 0 Å². The molecule has 2 nitrogen and oxygen atoms in total. The minimum atomic E-state index is -0.194. The summed E-state index contributed by atoms with van der Waals surface area (Å²) >= 11 is 0. The summed E-state index contributed by atoms with van der Waals surface area (Å²) < 4.78 is 10.8. The van der Waals surface area contributed by atoms with Gasteiger partial charge in [0.2, 0.25) is 0 Å². The van der Waals surface area contributed by atoms with Crippen molar-refractivity contribution in [2.75, 3.05) is 13.2 Å². The van der Waals surface area contributed by atoms with Gasteiger partial charge in [-0.05, 0) is 6.42 Å². The average Bonchev–Trinajstić information content (AvgIpc) is 2.21. The Hall–Kier alpha value is 0.386. The van der Waals surface area contributed by atoms with Crippen LogP contribution in [0.15, 0.2) is 24.3 Å². The molecule has 4 heteroatoms. The van der Waals surface area contributed by atoms with E-state index >= 15 is 0 Å². The zero-order chi connectivity index (χ0) is 8.23. The van der Waals surface area contributed by atoms with Crippen LogP contribution in [0.3, 0.4) is 0 Å². The fourth-order valence-electron chi connectivity index (χ4n) is 1.22. The van der Waals surface area contributed by atoms with Gasteiger partial charge in [0.25, 0.3) is 0 Å². The van der Waals surface area contributed by atoms with Gasteiger partial charge in [-0.15, -0.1) is 5.56 Å². The summed E-state index contributed by atoms with van der Waals surface area (Å²) in [7, 11) is 0. The van der Waals surface area contributed by atoms with Gasteiger partial charge >= 0.3 is 23.1 Å². The third kappa shape index (κ3) is 3.86. The van der Waals surface area contributed by atoms with E-state index in [-0.39, 0.29) is 46.3 Å². The van der Waals surface area contributed by atoms with Crippen LogP contribution in [-0.4, -0.2) is 36.3 Å². The smallest absolute Gasteiger partial charge is 1.00 e. The van der Waals surface area contributed by atoms with E-state index < -0.39 is 0 Å². The van der Waals surface area contributed by atoms with E-state index in [0.717, 1.165) is 25.2 Å². The summed E-state index contributed by atoms with van der Waals surface area (Å²) in [6.07, 6.45) is 0.795. The molecular formula is C10H11BrMgO2. The van der Waals surface area contributed by atoms with Crippen LogP contribution in [0.4, 0.5) is 0 Å². The first kappa shape index (κ1) is 14.4. The van der Waals surface area contributed by atoms with Crippen LogP contribution in [-0.2, 0) is 9.47 Å². The molecule has 1 aromatic carbocycles. The van der Waals surface area contributed by atoms with Crippen molar-refractivity contribution in [1.29, 1.82) is 0 Å². The molecule has 0 bridgehead atoms. The first-order valence-corrected chi connectivity index (χ1v) is 4.16. The Kier molecular flexibility index (Phi) is 7.86. The van der Waals surface area contributed by atoms with E-state index in [4.69, 9.17) is 9.47 Å². The molecule has 0 N–H and O–H groups in total. The predicted molar refractivity (Wildman–Crippen MR) is 50.3 cm³/mol. The van der Waals surface area contributed by atoms with E-state index in [1.54, 1.807) is 0 Å². The summed E-state index contributed by atoms with van der Waals surface area (Å²) in [5.74, 6) is 0. The van der Waals surface area contributed by atoms with Gasteiger partial charge in [-0.3, -0.25) is 0 Å². The van der Waals surface area contributed by atoms with E-state index in [2.05, 4.69) is 6.07 Å². The van der Waals surface area contributed by atoms with Crippen LogP contribution < -0.4 is 17.0 Å². The zero-order valence-electron chi connectivity index (χ0n) is 7.91. The zero-order valence-corrected chi connectivity index (χ0v) is 10.9. The number of hydrogen-bond donors (Lipinski definition) is 0. The standard InChI is InChI=1S/C10H11O2.BrH.Mg/c1-2-5-9(6-3-1)10-11-7-4-8-12-10;;/h1-3,5,10H,4,7-8H2;1H;/q-1;;+2/p-1. The van der Waals surface area contributed by atoms with Crippen molar-refractivity contribution in [2.45, 2.75) is 12.7 Å². The molecule has 1 saturated heterocycles. The topological polar surface area (TPSA) is 18.5 Å². The summed E-state index contributed by atoms with van der Waals surface area (Å²) in [4.78, 5) is 0. The normalized spacial score (nSPS) is 16.6. The Morgan fingerprint density at radius 1 is 1.21 bits per heavy atom. The fraction of sp³-hybridized carbons (Fsp3) is 0.400. The third-order valence-corrected chi connectivity index (χ3v) is 1.81. The Balaban J connectivity index is 0.000000845. The van der Waals surface area contributed by atoms with E-state index in [1.807, 2.05) is 24.3 Å². The molecule has 0 radical (unpaired) electrons. The molecule has 2 rings (SSSR count). The molecule has 0 unspecified atom stereocenters. The van der Waals surface area contributed by atoms with Crippen LogP contribution in [0.25, 0.3) is 0 Å². The molecule has 1 aliphatic rings. The Morgan fingerprint density at radius 2 is 1.93 bits per heavy atom. The van der Waals surface area contributed by atoms with Crippen molar-refractivity contribution in [1.82, 2.24) is 0 Å². The second kappa shape index (κ2) is 7.65. The molecule has 14 heavy (non-hydrogen) atoms. The van der Waals surface area contributed by atoms with Crippen molar-refractivity contribution in [3.63, 3.8) is 0 Å². The SMILES string of the molecule is [Br-].[Mg+2].[c-]1ccccc1C1OCCCO1. The van der Waals surface area contributed by atoms with Crippen LogP contribution in [0, 0.1) is 6.07 Å². The molecule has 1 aliphatic heterocycles. The molecule has 72 valence electrons. The molecule has 0 aromatic heterocycles. The maximum Gasteiger partial charge on any atom is 2.00 e. The van der Waals surface area contributed by atoms with Crippen molar-refractivity contribution < 1.29 is 26.5 Å². The third-order valence-electron chi connectivity index (χ3n) is 1.81. The fourth-order valence-corrected chi connectivity index (χ4v) is 1.22. The summed E-state index contributed by atoms with van der Waals surface area (Å²) in [6, 6.07) is 10.8. The van der Waals surface area contributed by atoms with Gasteiger partial charge in [0.1, 0.15) is 0 Å². The van der Waals surface area contributed by atoms with Gasteiger partial charge in [-0.1, -0.05) is 0 Å². The van der Waals surface area contributed by atoms with E-state index in [0.29, 0.717) is 0 Å². The molecular weight excluding hydrogens is 256 g/mol. The second-order valence-electron chi connectivity index (χ2n) is 2.74. The molecule has 0 aliphatic carbocycles. The molecule has 0 atom stereocenters. The number of halogens is 1. The Bertz CT molecular complexity index is 237. The molecule has 0 saturated carbocycles. The quantitative estimate of drug-likeness (QED) is 0.458. The first-order chi connectivity index (χ1) is 5.97. The second-order valence-corrected chi connectivity index (χ2v) is 2.74. The van der Waals surface area contributed by atoms with Gasteiger partial charge in [-0.25, -0.2) is 0 Å². The monoisotopic (exact) mass is 266 g/mol. The van der Waals surface area contributed by atoms with Crippen molar-refractivity contribution in [3.05, 3.63) is 35.9 Å².